The van der Waals surface area contributed by atoms with E-state index in [9.17, 15) is 20.4 Å². The van der Waals surface area contributed by atoms with E-state index in [4.69, 9.17) is 4.74 Å². The van der Waals surface area contributed by atoms with Crippen LogP contribution in [0, 0.1) is 0 Å². The largest absolute Gasteiger partial charge is 0.395 e. The first-order valence-electron chi connectivity index (χ1n) is 7.58. The number of aliphatic hydroxyl groups is 4. The Bertz CT molecular complexity index is 254. The van der Waals surface area contributed by atoms with Gasteiger partial charge in [0.25, 0.3) is 0 Å². The quantitative estimate of drug-likeness (QED) is 0.422. The van der Waals surface area contributed by atoms with Crippen LogP contribution in [0.25, 0.3) is 0 Å². The summed E-state index contributed by atoms with van der Waals surface area (Å²) >= 11 is 0. The molecule has 1 aliphatic rings. The topological polar surface area (TPSA) is 93.4 Å². The third-order valence-corrected chi connectivity index (χ3v) is 3.88. The molecule has 0 saturated carbocycles. The number of β-amino-alcohol motifs (C(OH)–C–C–N with tert-alkyl or cyclic N) is 1. The molecule has 0 spiro atoms. The average Bonchev–Trinajstić information content (AvgIpc) is 2.44. The summed E-state index contributed by atoms with van der Waals surface area (Å²) in [5, 5.41) is 38.4. The predicted octanol–water partition coefficient (Wildman–Crippen LogP) is -0.657. The Kier molecular flexibility index (Phi) is 8.60. The van der Waals surface area contributed by atoms with Crippen LogP contribution in [0.2, 0.25) is 0 Å². The van der Waals surface area contributed by atoms with Gasteiger partial charge in [-0.2, -0.15) is 0 Å². The van der Waals surface area contributed by atoms with Crippen molar-refractivity contribution in [2.75, 3.05) is 32.9 Å². The van der Waals surface area contributed by atoms with E-state index in [2.05, 4.69) is 6.92 Å². The molecule has 0 aromatic rings. The normalized spacial score (nSPS) is 31.6. The monoisotopic (exact) mass is 291 g/mol. The van der Waals surface area contributed by atoms with E-state index in [0.29, 0.717) is 19.8 Å². The second kappa shape index (κ2) is 9.65. The van der Waals surface area contributed by atoms with E-state index in [0.717, 1.165) is 6.42 Å². The summed E-state index contributed by atoms with van der Waals surface area (Å²) < 4.78 is 5.52. The van der Waals surface area contributed by atoms with Crippen molar-refractivity contribution in [1.82, 2.24) is 4.90 Å². The molecule has 0 radical (unpaired) electrons. The van der Waals surface area contributed by atoms with Crippen molar-refractivity contribution in [3.8, 4) is 0 Å². The van der Waals surface area contributed by atoms with E-state index in [1.165, 1.54) is 19.3 Å². The zero-order valence-corrected chi connectivity index (χ0v) is 12.3. The Morgan fingerprint density at radius 2 is 1.80 bits per heavy atom. The van der Waals surface area contributed by atoms with Crippen molar-refractivity contribution in [1.29, 1.82) is 0 Å². The van der Waals surface area contributed by atoms with Crippen LogP contribution >= 0.6 is 0 Å². The minimum Gasteiger partial charge on any atom is -0.395 e. The fraction of sp³-hybridized carbons (Fsp3) is 1.00. The fourth-order valence-corrected chi connectivity index (χ4v) is 2.55. The highest BCUT2D eigenvalue weighted by molar-refractivity contribution is 4.93. The van der Waals surface area contributed by atoms with Gasteiger partial charge in [-0.1, -0.05) is 26.2 Å². The van der Waals surface area contributed by atoms with Gasteiger partial charge in [0, 0.05) is 19.7 Å². The molecule has 0 aromatic heterocycles. The molecule has 1 heterocycles. The maximum absolute atomic E-state index is 9.83. The number of nitrogens with zero attached hydrogens (tertiary/aromatic N) is 1. The van der Waals surface area contributed by atoms with Crippen LogP contribution in [0.15, 0.2) is 0 Å². The highest BCUT2D eigenvalue weighted by Gasteiger charge is 2.40. The molecular formula is C14H29NO5. The Morgan fingerprint density at radius 3 is 2.45 bits per heavy atom. The van der Waals surface area contributed by atoms with Crippen molar-refractivity contribution in [2.24, 2.45) is 0 Å². The number of ether oxygens (including phenoxy) is 1. The predicted molar refractivity (Wildman–Crippen MR) is 75.4 cm³/mol. The van der Waals surface area contributed by atoms with Crippen LogP contribution in [0.4, 0.5) is 0 Å². The number of unbranched alkanes of at least 4 members (excludes halogenated alkanes) is 3. The molecule has 0 aliphatic carbocycles. The van der Waals surface area contributed by atoms with Crippen molar-refractivity contribution in [3.05, 3.63) is 0 Å². The maximum Gasteiger partial charge on any atom is 0.109 e. The second-order valence-corrected chi connectivity index (χ2v) is 5.47. The van der Waals surface area contributed by atoms with Crippen molar-refractivity contribution in [2.45, 2.75) is 57.0 Å². The van der Waals surface area contributed by atoms with Gasteiger partial charge in [-0.25, -0.2) is 0 Å². The van der Waals surface area contributed by atoms with Gasteiger partial charge >= 0.3 is 0 Å². The minimum atomic E-state index is -1.20. The van der Waals surface area contributed by atoms with E-state index < -0.39 is 24.4 Å². The highest BCUT2D eigenvalue weighted by atomic mass is 16.5. The van der Waals surface area contributed by atoms with Gasteiger partial charge in [0.1, 0.15) is 12.2 Å². The molecule has 4 atom stereocenters. The Hall–Kier alpha value is -0.240. The second-order valence-electron chi connectivity index (χ2n) is 5.47. The number of aliphatic hydroxyl groups excluding tert-OH is 4. The summed E-state index contributed by atoms with van der Waals surface area (Å²) in [4.78, 5) is 1.77. The summed E-state index contributed by atoms with van der Waals surface area (Å²) in [6, 6.07) is -0.544. The van der Waals surface area contributed by atoms with Crippen LogP contribution in [-0.2, 0) is 4.74 Å². The summed E-state index contributed by atoms with van der Waals surface area (Å²) in [6.45, 7) is 3.89. The Morgan fingerprint density at radius 1 is 1.05 bits per heavy atom. The lowest BCUT2D eigenvalue weighted by Gasteiger charge is -2.43. The maximum atomic E-state index is 9.83. The molecule has 1 rings (SSSR count). The van der Waals surface area contributed by atoms with Gasteiger partial charge in [-0.3, -0.25) is 4.90 Å². The Labute approximate surface area is 121 Å². The summed E-state index contributed by atoms with van der Waals surface area (Å²) in [6.07, 6.45) is 1.32. The first kappa shape index (κ1) is 17.8. The average molecular weight is 291 g/mol. The number of rotatable bonds is 9. The Balaban J connectivity index is 2.24. The number of hydrogen-bond donors (Lipinski definition) is 4. The summed E-state index contributed by atoms with van der Waals surface area (Å²) in [5.74, 6) is 0. The highest BCUT2D eigenvalue weighted by Crippen LogP contribution is 2.18. The first-order valence-corrected chi connectivity index (χ1v) is 7.58. The minimum absolute atomic E-state index is 0.239. The summed E-state index contributed by atoms with van der Waals surface area (Å²) in [7, 11) is 0. The molecule has 6 heteroatoms. The van der Waals surface area contributed by atoms with Gasteiger partial charge in [-0.15, -0.1) is 0 Å². The van der Waals surface area contributed by atoms with Crippen LogP contribution < -0.4 is 0 Å². The number of hydrogen-bond acceptors (Lipinski definition) is 6. The van der Waals surface area contributed by atoms with Gasteiger partial charge in [0.15, 0.2) is 0 Å². The lowest BCUT2D eigenvalue weighted by molar-refractivity contribution is -0.147. The van der Waals surface area contributed by atoms with Crippen molar-refractivity contribution >= 4 is 0 Å². The fourth-order valence-electron chi connectivity index (χ4n) is 2.55. The smallest absolute Gasteiger partial charge is 0.109 e. The molecular weight excluding hydrogens is 262 g/mol. The number of piperidine rings is 1. The molecule has 4 N–H and O–H groups in total. The molecule has 0 bridgehead atoms. The van der Waals surface area contributed by atoms with Crippen LogP contribution in [0.3, 0.4) is 0 Å². The SMILES string of the molecule is CCCCCCOCCN1C[C@H](O)[C@@H](O)[C@H](O)[C@H]1CO. The molecule has 0 amide bonds. The third-order valence-electron chi connectivity index (χ3n) is 3.88. The molecule has 1 aliphatic heterocycles. The lowest BCUT2D eigenvalue weighted by Crippen LogP contribution is -2.62. The van der Waals surface area contributed by atoms with Gasteiger partial charge in [-0.05, 0) is 6.42 Å². The van der Waals surface area contributed by atoms with E-state index in [1.54, 1.807) is 4.90 Å². The molecule has 1 saturated heterocycles. The zero-order valence-electron chi connectivity index (χ0n) is 12.3. The molecule has 120 valence electrons. The molecule has 1 fully saturated rings. The van der Waals surface area contributed by atoms with Crippen molar-refractivity contribution in [3.63, 3.8) is 0 Å². The lowest BCUT2D eigenvalue weighted by atomic mass is 9.94. The van der Waals surface area contributed by atoms with Gasteiger partial charge < -0.3 is 25.2 Å². The van der Waals surface area contributed by atoms with E-state index in [-0.39, 0.29) is 13.2 Å². The molecule has 6 nitrogen and oxygen atoms in total. The van der Waals surface area contributed by atoms with Crippen LogP contribution in [-0.4, -0.2) is 82.6 Å². The van der Waals surface area contributed by atoms with Crippen LogP contribution in [0.1, 0.15) is 32.6 Å². The first-order chi connectivity index (χ1) is 9.61. The standard InChI is InChI=1S/C14H29NO5/c1-2-3-4-5-7-20-8-6-15-9-12(17)14(19)13(18)11(15)10-16/h11-14,16-19H,2-10H2,1H3/t11-,12+,13-,14-/m1/s1. The van der Waals surface area contributed by atoms with Gasteiger partial charge in [0.2, 0.25) is 0 Å². The summed E-state index contributed by atoms with van der Waals surface area (Å²) in [5.41, 5.74) is 0. The molecule has 0 aromatic carbocycles. The van der Waals surface area contributed by atoms with E-state index >= 15 is 0 Å². The van der Waals surface area contributed by atoms with E-state index in [1.807, 2.05) is 0 Å². The van der Waals surface area contributed by atoms with Crippen molar-refractivity contribution < 1.29 is 25.2 Å². The third kappa shape index (κ3) is 5.27. The molecule has 0 unspecified atom stereocenters. The van der Waals surface area contributed by atoms with Crippen LogP contribution in [0.5, 0.6) is 0 Å². The zero-order chi connectivity index (χ0) is 15.0. The van der Waals surface area contributed by atoms with Gasteiger partial charge in [0.05, 0.1) is 25.4 Å². The molecule has 20 heavy (non-hydrogen) atoms. The number of likely N-dealkylation sites (tertiary alicyclic amines) is 1.